The Balaban J connectivity index is 1.71. The van der Waals surface area contributed by atoms with E-state index in [1.54, 1.807) is 25.3 Å². The summed E-state index contributed by atoms with van der Waals surface area (Å²) in [5.41, 5.74) is 2.87. The van der Waals surface area contributed by atoms with Gasteiger partial charge in [0.15, 0.2) is 0 Å². The molecular weight excluding hydrogens is 354 g/mol. The summed E-state index contributed by atoms with van der Waals surface area (Å²) in [4.78, 5) is 23.3. The molecule has 0 unspecified atom stereocenters. The van der Waals surface area contributed by atoms with E-state index in [1.165, 1.54) is 0 Å². The molecule has 28 heavy (non-hydrogen) atoms. The van der Waals surface area contributed by atoms with E-state index in [9.17, 15) is 4.79 Å². The lowest BCUT2D eigenvalue weighted by Crippen LogP contribution is -2.13. The molecule has 0 spiro atoms. The Labute approximate surface area is 164 Å². The van der Waals surface area contributed by atoms with Gasteiger partial charge >= 0.3 is 0 Å². The summed E-state index contributed by atoms with van der Waals surface area (Å²) < 4.78 is 5.24. The first-order valence-electron chi connectivity index (χ1n) is 8.81. The minimum atomic E-state index is -0.226. The number of hydrogen-bond acceptors (Lipinski definition) is 6. The number of carbonyl (C=O) groups excluding carboxylic acids is 1. The molecule has 0 radical (unpaired) electrons. The SMILES string of the molecule is COc1ccccc1C(=O)Nc1ccc(Nc2nc(C)cc(N(C)C)n2)cc1. The Hall–Kier alpha value is -3.61. The number of para-hydroxylation sites is 1. The zero-order valence-electron chi connectivity index (χ0n) is 16.4. The number of anilines is 4. The number of carbonyl (C=O) groups is 1. The fraction of sp³-hybridized carbons (Fsp3) is 0.190. The van der Waals surface area contributed by atoms with E-state index in [0.29, 0.717) is 22.9 Å². The van der Waals surface area contributed by atoms with E-state index in [1.807, 2.05) is 62.3 Å². The van der Waals surface area contributed by atoms with Gasteiger partial charge in [-0.3, -0.25) is 4.79 Å². The number of amides is 1. The molecule has 1 aromatic heterocycles. The highest BCUT2D eigenvalue weighted by Gasteiger charge is 2.11. The topological polar surface area (TPSA) is 79.4 Å². The second-order valence-corrected chi connectivity index (χ2v) is 6.44. The van der Waals surface area contributed by atoms with Crippen molar-refractivity contribution in [2.24, 2.45) is 0 Å². The third kappa shape index (κ3) is 4.56. The number of rotatable bonds is 6. The highest BCUT2D eigenvalue weighted by atomic mass is 16.5. The minimum Gasteiger partial charge on any atom is -0.496 e. The number of benzene rings is 2. The summed E-state index contributed by atoms with van der Waals surface area (Å²) in [5, 5.41) is 6.06. The Bertz CT molecular complexity index is 971. The summed E-state index contributed by atoms with van der Waals surface area (Å²) in [6, 6.07) is 16.4. The molecule has 3 aromatic rings. The first-order valence-corrected chi connectivity index (χ1v) is 8.81. The van der Waals surface area contributed by atoms with Crippen LogP contribution in [0.4, 0.5) is 23.1 Å². The third-order valence-corrected chi connectivity index (χ3v) is 4.05. The van der Waals surface area contributed by atoms with Crippen LogP contribution in [0.15, 0.2) is 54.6 Å². The quantitative estimate of drug-likeness (QED) is 0.679. The molecule has 3 rings (SSSR count). The van der Waals surface area contributed by atoms with Gasteiger partial charge < -0.3 is 20.3 Å². The van der Waals surface area contributed by atoms with Gasteiger partial charge in [0.25, 0.3) is 5.91 Å². The van der Waals surface area contributed by atoms with Crippen LogP contribution in [0.1, 0.15) is 16.1 Å². The van der Waals surface area contributed by atoms with E-state index in [2.05, 4.69) is 20.6 Å². The van der Waals surface area contributed by atoms with Crippen LogP contribution < -0.4 is 20.3 Å². The fourth-order valence-corrected chi connectivity index (χ4v) is 2.63. The van der Waals surface area contributed by atoms with Crippen LogP contribution in [-0.2, 0) is 0 Å². The molecule has 7 nitrogen and oxygen atoms in total. The van der Waals surface area contributed by atoms with Crippen molar-refractivity contribution in [1.82, 2.24) is 9.97 Å². The van der Waals surface area contributed by atoms with Crippen LogP contribution in [0.3, 0.4) is 0 Å². The molecule has 2 N–H and O–H groups in total. The zero-order chi connectivity index (χ0) is 20.1. The highest BCUT2D eigenvalue weighted by molar-refractivity contribution is 6.06. The second kappa shape index (κ2) is 8.39. The van der Waals surface area contributed by atoms with Gasteiger partial charge in [-0.1, -0.05) is 12.1 Å². The van der Waals surface area contributed by atoms with Gasteiger partial charge in [-0.15, -0.1) is 0 Å². The van der Waals surface area contributed by atoms with Gasteiger partial charge in [-0.2, -0.15) is 4.98 Å². The van der Waals surface area contributed by atoms with Crippen molar-refractivity contribution in [3.8, 4) is 5.75 Å². The van der Waals surface area contributed by atoms with E-state index >= 15 is 0 Å². The molecule has 1 amide bonds. The molecule has 0 saturated heterocycles. The number of nitrogens with zero attached hydrogens (tertiary/aromatic N) is 3. The molecule has 7 heteroatoms. The molecule has 0 aliphatic carbocycles. The zero-order valence-corrected chi connectivity index (χ0v) is 16.4. The van der Waals surface area contributed by atoms with Gasteiger partial charge in [0.2, 0.25) is 5.95 Å². The Morgan fingerprint density at radius 2 is 1.68 bits per heavy atom. The molecular formula is C21H23N5O2. The molecule has 0 bridgehead atoms. The maximum Gasteiger partial charge on any atom is 0.259 e. The van der Waals surface area contributed by atoms with Crippen molar-refractivity contribution in [2.45, 2.75) is 6.92 Å². The lowest BCUT2D eigenvalue weighted by Gasteiger charge is -2.14. The van der Waals surface area contributed by atoms with Gasteiger partial charge in [0.05, 0.1) is 12.7 Å². The van der Waals surface area contributed by atoms with Crippen molar-refractivity contribution in [3.63, 3.8) is 0 Å². The molecule has 0 saturated carbocycles. The predicted molar refractivity (Wildman–Crippen MR) is 112 cm³/mol. The first kappa shape index (κ1) is 19.2. The monoisotopic (exact) mass is 377 g/mol. The summed E-state index contributed by atoms with van der Waals surface area (Å²) in [6.07, 6.45) is 0. The first-order chi connectivity index (χ1) is 13.5. The van der Waals surface area contributed by atoms with E-state index in [0.717, 1.165) is 17.2 Å². The standard InChI is InChI=1S/C21H23N5O2/c1-14-13-19(26(2)3)25-21(22-14)24-16-11-9-15(10-12-16)23-20(27)17-7-5-6-8-18(17)28-4/h5-13H,1-4H3,(H,23,27)(H,22,24,25). The van der Waals surface area contributed by atoms with Crippen molar-refractivity contribution in [2.75, 3.05) is 36.7 Å². The van der Waals surface area contributed by atoms with Crippen LogP contribution in [0, 0.1) is 6.92 Å². The van der Waals surface area contributed by atoms with Crippen LogP contribution in [0.25, 0.3) is 0 Å². The molecule has 0 fully saturated rings. The normalized spacial score (nSPS) is 10.3. The summed E-state index contributed by atoms with van der Waals surface area (Å²) >= 11 is 0. The number of ether oxygens (including phenoxy) is 1. The number of aryl methyl sites for hydroxylation is 1. The summed E-state index contributed by atoms with van der Waals surface area (Å²) in [5.74, 6) is 1.66. The van der Waals surface area contributed by atoms with Gasteiger partial charge in [-0.25, -0.2) is 4.98 Å². The Morgan fingerprint density at radius 1 is 1.00 bits per heavy atom. The Morgan fingerprint density at radius 3 is 2.36 bits per heavy atom. The number of aromatic nitrogens is 2. The maximum atomic E-state index is 12.5. The smallest absolute Gasteiger partial charge is 0.259 e. The van der Waals surface area contributed by atoms with Gasteiger partial charge in [0.1, 0.15) is 11.6 Å². The third-order valence-electron chi connectivity index (χ3n) is 4.05. The van der Waals surface area contributed by atoms with Crippen LogP contribution in [0.5, 0.6) is 5.75 Å². The number of hydrogen-bond donors (Lipinski definition) is 2. The number of nitrogens with one attached hydrogen (secondary N) is 2. The van der Waals surface area contributed by atoms with Gasteiger partial charge in [-0.05, 0) is 43.3 Å². The largest absolute Gasteiger partial charge is 0.496 e. The summed E-state index contributed by atoms with van der Waals surface area (Å²) in [7, 11) is 5.41. The fourth-order valence-electron chi connectivity index (χ4n) is 2.63. The maximum absolute atomic E-state index is 12.5. The Kier molecular flexibility index (Phi) is 5.74. The molecule has 1 heterocycles. The van der Waals surface area contributed by atoms with Crippen molar-refractivity contribution in [1.29, 1.82) is 0 Å². The predicted octanol–water partition coefficient (Wildman–Crippen LogP) is 3.86. The summed E-state index contributed by atoms with van der Waals surface area (Å²) in [6.45, 7) is 1.93. The van der Waals surface area contributed by atoms with Gasteiger partial charge in [0, 0.05) is 37.2 Å². The molecule has 0 aliphatic heterocycles. The van der Waals surface area contributed by atoms with Crippen LogP contribution in [0.2, 0.25) is 0 Å². The molecule has 2 aromatic carbocycles. The molecule has 0 aliphatic rings. The number of methoxy groups -OCH3 is 1. The lowest BCUT2D eigenvalue weighted by atomic mass is 10.2. The van der Waals surface area contributed by atoms with Crippen molar-refractivity contribution < 1.29 is 9.53 Å². The van der Waals surface area contributed by atoms with Crippen LogP contribution in [-0.4, -0.2) is 37.1 Å². The van der Waals surface area contributed by atoms with E-state index in [4.69, 9.17) is 4.74 Å². The minimum absolute atomic E-state index is 0.226. The average molecular weight is 377 g/mol. The van der Waals surface area contributed by atoms with E-state index < -0.39 is 0 Å². The van der Waals surface area contributed by atoms with Crippen molar-refractivity contribution >= 4 is 29.0 Å². The highest BCUT2D eigenvalue weighted by Crippen LogP contribution is 2.22. The lowest BCUT2D eigenvalue weighted by molar-refractivity contribution is 0.102. The average Bonchev–Trinajstić information content (AvgIpc) is 2.69. The molecule has 144 valence electrons. The van der Waals surface area contributed by atoms with Crippen molar-refractivity contribution in [3.05, 3.63) is 65.9 Å². The van der Waals surface area contributed by atoms with Crippen LogP contribution >= 0.6 is 0 Å². The molecule has 0 atom stereocenters. The second-order valence-electron chi connectivity index (χ2n) is 6.44. The van der Waals surface area contributed by atoms with E-state index in [-0.39, 0.29) is 5.91 Å².